The average Bonchev–Trinajstić information content (AvgIpc) is 3.07. The van der Waals surface area contributed by atoms with E-state index in [1.807, 2.05) is 36.5 Å². The second-order valence-corrected chi connectivity index (χ2v) is 5.17. The highest BCUT2D eigenvalue weighted by atomic mass is 16.3. The Balaban J connectivity index is 1.94. The van der Waals surface area contributed by atoms with Gasteiger partial charge in [0.15, 0.2) is 0 Å². The van der Waals surface area contributed by atoms with Gasteiger partial charge in [0.2, 0.25) is 0 Å². The van der Waals surface area contributed by atoms with Crippen molar-refractivity contribution in [2.75, 3.05) is 13.1 Å². The van der Waals surface area contributed by atoms with E-state index in [0.29, 0.717) is 0 Å². The summed E-state index contributed by atoms with van der Waals surface area (Å²) in [5.74, 6) is 1.20. The van der Waals surface area contributed by atoms with Gasteiger partial charge < -0.3 is 10.4 Å². The molecule has 2 aromatic rings. The van der Waals surface area contributed by atoms with Gasteiger partial charge in [0, 0.05) is 30.8 Å². The van der Waals surface area contributed by atoms with Crippen molar-refractivity contribution >= 4 is 5.84 Å². The number of hydrogen-bond acceptors (Lipinski definition) is 4. The number of aliphatic imine (C=N–C) groups is 1. The highest BCUT2D eigenvalue weighted by Crippen LogP contribution is 2.27. The van der Waals surface area contributed by atoms with Crippen LogP contribution >= 0.6 is 0 Å². The third-order valence-corrected chi connectivity index (χ3v) is 3.72. The minimum atomic E-state index is 0.0575. The smallest absolute Gasteiger partial charge is 0.0974 e. The molecule has 0 saturated heterocycles. The molecule has 1 aromatic heterocycles. The van der Waals surface area contributed by atoms with Gasteiger partial charge in [-0.25, -0.2) is 0 Å². The molecule has 1 atom stereocenters. The van der Waals surface area contributed by atoms with E-state index in [4.69, 9.17) is 0 Å². The number of aliphatic hydroxyl groups is 1. The number of hydrogen-bond donors (Lipinski definition) is 2. The Labute approximate surface area is 124 Å². The van der Waals surface area contributed by atoms with E-state index >= 15 is 0 Å². The fraction of sp³-hybridized carbons (Fsp3) is 0.294. The lowest BCUT2D eigenvalue weighted by atomic mass is 9.90. The molecule has 1 unspecified atom stereocenters. The molecule has 3 rings (SSSR count). The monoisotopic (exact) mass is 281 g/mol. The first-order valence-corrected chi connectivity index (χ1v) is 7.24. The molecule has 0 radical (unpaired) electrons. The van der Waals surface area contributed by atoms with Gasteiger partial charge in [0.25, 0.3) is 0 Å². The van der Waals surface area contributed by atoms with Gasteiger partial charge in [-0.2, -0.15) is 0 Å². The van der Waals surface area contributed by atoms with Gasteiger partial charge in [-0.05, 0) is 23.3 Å². The van der Waals surface area contributed by atoms with Crippen molar-refractivity contribution in [3.63, 3.8) is 0 Å². The fourth-order valence-corrected chi connectivity index (χ4v) is 2.66. The molecule has 108 valence electrons. The van der Waals surface area contributed by atoms with Gasteiger partial charge in [0.05, 0.1) is 19.0 Å². The van der Waals surface area contributed by atoms with Crippen LogP contribution in [0.5, 0.6) is 0 Å². The predicted molar refractivity (Wildman–Crippen MR) is 83.4 cm³/mol. The zero-order chi connectivity index (χ0) is 14.5. The Morgan fingerprint density at radius 2 is 2.14 bits per heavy atom. The van der Waals surface area contributed by atoms with E-state index in [9.17, 15) is 5.11 Å². The summed E-state index contributed by atoms with van der Waals surface area (Å²) in [6.45, 7) is 1.82. The average molecular weight is 281 g/mol. The van der Waals surface area contributed by atoms with E-state index in [-0.39, 0.29) is 12.5 Å². The maximum atomic E-state index is 9.35. The number of aromatic nitrogens is 1. The van der Waals surface area contributed by atoms with Crippen molar-refractivity contribution in [1.82, 2.24) is 10.3 Å². The summed E-state index contributed by atoms with van der Waals surface area (Å²) in [6, 6.07) is 14.0. The molecule has 1 aromatic carbocycles. The summed E-state index contributed by atoms with van der Waals surface area (Å²) < 4.78 is 0. The number of aliphatic hydroxyl groups excluding tert-OH is 1. The van der Waals surface area contributed by atoms with Crippen molar-refractivity contribution in [1.29, 1.82) is 0 Å². The van der Waals surface area contributed by atoms with Gasteiger partial charge in [-0.15, -0.1) is 0 Å². The lowest BCUT2D eigenvalue weighted by Gasteiger charge is -2.18. The van der Waals surface area contributed by atoms with Crippen LogP contribution in [0.2, 0.25) is 0 Å². The third kappa shape index (κ3) is 3.28. The van der Waals surface area contributed by atoms with Crippen LogP contribution in [-0.2, 0) is 6.61 Å². The minimum absolute atomic E-state index is 0.0575. The van der Waals surface area contributed by atoms with Crippen LogP contribution in [0.25, 0.3) is 0 Å². The number of pyridine rings is 1. The van der Waals surface area contributed by atoms with Crippen LogP contribution in [0.15, 0.2) is 53.7 Å². The quantitative estimate of drug-likeness (QED) is 0.882. The van der Waals surface area contributed by atoms with Crippen molar-refractivity contribution in [3.05, 3.63) is 65.5 Å². The van der Waals surface area contributed by atoms with Crippen LogP contribution < -0.4 is 5.32 Å². The molecular formula is C17H19N3O. The Bertz CT molecular complexity index is 625. The zero-order valence-electron chi connectivity index (χ0n) is 11.9. The largest absolute Gasteiger partial charge is 0.392 e. The maximum absolute atomic E-state index is 9.35. The highest BCUT2D eigenvalue weighted by Gasteiger charge is 2.19. The molecule has 0 aliphatic carbocycles. The van der Waals surface area contributed by atoms with E-state index in [0.717, 1.165) is 42.2 Å². The lowest BCUT2D eigenvalue weighted by Crippen LogP contribution is -2.21. The first kappa shape index (κ1) is 13.8. The first-order valence-electron chi connectivity index (χ1n) is 7.24. The summed E-state index contributed by atoms with van der Waals surface area (Å²) in [5.41, 5.74) is 3.12. The third-order valence-electron chi connectivity index (χ3n) is 3.72. The van der Waals surface area contributed by atoms with Crippen LogP contribution in [-0.4, -0.2) is 29.0 Å². The van der Waals surface area contributed by atoms with Gasteiger partial charge in [-0.3, -0.25) is 9.98 Å². The lowest BCUT2D eigenvalue weighted by molar-refractivity contribution is 0.281. The summed E-state index contributed by atoms with van der Waals surface area (Å²) in [6.07, 6.45) is 2.63. The maximum Gasteiger partial charge on any atom is 0.0974 e. The second kappa shape index (κ2) is 6.50. The number of amidine groups is 1. The van der Waals surface area contributed by atoms with Crippen molar-refractivity contribution in [2.45, 2.75) is 18.9 Å². The number of nitrogens with one attached hydrogen (secondary N) is 1. The van der Waals surface area contributed by atoms with Crippen molar-refractivity contribution in [2.24, 2.45) is 4.99 Å². The molecule has 4 nitrogen and oxygen atoms in total. The molecule has 2 N–H and O–H groups in total. The molecule has 4 heteroatoms. The van der Waals surface area contributed by atoms with Crippen LogP contribution in [0.4, 0.5) is 0 Å². The van der Waals surface area contributed by atoms with Crippen molar-refractivity contribution < 1.29 is 5.11 Å². The number of nitrogens with zero attached hydrogens (tertiary/aromatic N) is 2. The van der Waals surface area contributed by atoms with Gasteiger partial charge in [0.1, 0.15) is 0 Å². The molecule has 1 aliphatic heterocycles. The molecule has 0 amide bonds. The van der Waals surface area contributed by atoms with E-state index in [1.54, 1.807) is 0 Å². The zero-order valence-corrected chi connectivity index (χ0v) is 11.9. The molecule has 1 aliphatic rings. The fourth-order valence-electron chi connectivity index (χ4n) is 2.66. The molecular weight excluding hydrogens is 262 g/mol. The van der Waals surface area contributed by atoms with Gasteiger partial charge >= 0.3 is 0 Å². The molecule has 0 fully saturated rings. The summed E-state index contributed by atoms with van der Waals surface area (Å²) >= 11 is 0. The Kier molecular flexibility index (Phi) is 4.26. The summed E-state index contributed by atoms with van der Waals surface area (Å²) in [4.78, 5) is 9.01. The Morgan fingerprint density at radius 3 is 2.86 bits per heavy atom. The Morgan fingerprint density at radius 1 is 1.19 bits per heavy atom. The standard InChI is InChI=1S/C17H19N3O/c21-12-13-4-3-5-14(10-13)15(11-17-19-8-9-20-17)16-6-1-2-7-18-16/h1-7,10,15,21H,8-9,11-12H2,(H,19,20). The van der Waals surface area contributed by atoms with Crippen LogP contribution in [0.1, 0.15) is 29.2 Å². The highest BCUT2D eigenvalue weighted by molar-refractivity contribution is 5.84. The molecule has 0 bridgehead atoms. The summed E-state index contributed by atoms with van der Waals surface area (Å²) in [7, 11) is 0. The SMILES string of the molecule is OCc1cccc(C(CC2=NCCN2)c2ccccn2)c1. The second-order valence-electron chi connectivity index (χ2n) is 5.17. The number of rotatable bonds is 5. The molecule has 0 spiro atoms. The molecule has 21 heavy (non-hydrogen) atoms. The number of benzene rings is 1. The van der Waals surface area contributed by atoms with E-state index < -0.39 is 0 Å². The molecule has 2 heterocycles. The Hall–Kier alpha value is -2.20. The predicted octanol–water partition coefficient (Wildman–Crippen LogP) is 2.10. The normalized spacial score (nSPS) is 15.4. The van der Waals surface area contributed by atoms with Crippen molar-refractivity contribution in [3.8, 4) is 0 Å². The topological polar surface area (TPSA) is 57.5 Å². The van der Waals surface area contributed by atoms with Gasteiger partial charge in [-0.1, -0.05) is 30.3 Å². The van der Waals surface area contributed by atoms with Crippen LogP contribution in [0.3, 0.4) is 0 Å². The summed E-state index contributed by atoms with van der Waals surface area (Å²) in [5, 5.41) is 12.7. The molecule has 0 saturated carbocycles. The van der Waals surface area contributed by atoms with E-state index in [2.05, 4.69) is 27.4 Å². The first-order chi connectivity index (χ1) is 10.4. The van der Waals surface area contributed by atoms with E-state index in [1.165, 1.54) is 0 Å². The van der Waals surface area contributed by atoms with Crippen LogP contribution in [0, 0.1) is 0 Å². The minimum Gasteiger partial charge on any atom is -0.392 e.